The van der Waals surface area contributed by atoms with Gasteiger partial charge >= 0.3 is 0 Å². The summed E-state index contributed by atoms with van der Waals surface area (Å²) >= 11 is 0. The van der Waals surface area contributed by atoms with E-state index in [2.05, 4.69) is 16.0 Å². The lowest BCUT2D eigenvalue weighted by molar-refractivity contribution is -0.128. The summed E-state index contributed by atoms with van der Waals surface area (Å²) in [7, 11) is 3.48. The van der Waals surface area contributed by atoms with Crippen LogP contribution in [0, 0.1) is 0 Å². The minimum Gasteiger partial charge on any atom is -0.376 e. The van der Waals surface area contributed by atoms with Gasteiger partial charge in [-0.3, -0.25) is 14.4 Å². The average molecular weight is 451 g/mol. The molecular formula is C26H34N4O3. The molecule has 33 heavy (non-hydrogen) atoms. The lowest BCUT2D eigenvalue weighted by atomic mass is 9.95. The topological polar surface area (TPSA) is 90.5 Å². The molecule has 0 bridgehead atoms. The van der Waals surface area contributed by atoms with E-state index in [-0.39, 0.29) is 30.3 Å². The maximum Gasteiger partial charge on any atom is 0.251 e. The number of nitrogens with zero attached hydrogens (tertiary/aromatic N) is 1. The van der Waals surface area contributed by atoms with Gasteiger partial charge < -0.3 is 20.9 Å². The van der Waals surface area contributed by atoms with Gasteiger partial charge in [-0.1, -0.05) is 31.4 Å². The second kappa shape index (κ2) is 12.0. The maximum atomic E-state index is 12.4. The zero-order chi connectivity index (χ0) is 23.6. The van der Waals surface area contributed by atoms with E-state index in [4.69, 9.17) is 0 Å². The van der Waals surface area contributed by atoms with Gasteiger partial charge in [0, 0.05) is 43.5 Å². The van der Waals surface area contributed by atoms with Gasteiger partial charge in [0.25, 0.3) is 5.91 Å². The van der Waals surface area contributed by atoms with Crippen molar-refractivity contribution in [3.05, 3.63) is 59.7 Å². The van der Waals surface area contributed by atoms with Crippen LogP contribution in [0.5, 0.6) is 0 Å². The van der Waals surface area contributed by atoms with Crippen molar-refractivity contribution in [2.45, 2.75) is 51.0 Å². The molecule has 176 valence electrons. The molecule has 0 aliphatic heterocycles. The van der Waals surface area contributed by atoms with Crippen molar-refractivity contribution >= 4 is 29.1 Å². The molecule has 3 N–H and O–H groups in total. The minimum absolute atomic E-state index is 0.0432. The Kier molecular flexibility index (Phi) is 8.87. The summed E-state index contributed by atoms with van der Waals surface area (Å²) in [6.45, 7) is 0.108. The summed E-state index contributed by atoms with van der Waals surface area (Å²) in [5.74, 6) is -0.139. The molecule has 2 aromatic carbocycles. The van der Waals surface area contributed by atoms with E-state index in [9.17, 15) is 14.4 Å². The summed E-state index contributed by atoms with van der Waals surface area (Å²) in [5, 5.41) is 9.08. The van der Waals surface area contributed by atoms with E-state index in [1.807, 2.05) is 36.4 Å². The van der Waals surface area contributed by atoms with Crippen LogP contribution in [-0.2, 0) is 16.0 Å². The molecule has 0 atom stereocenters. The monoisotopic (exact) mass is 450 g/mol. The quantitative estimate of drug-likeness (QED) is 0.542. The summed E-state index contributed by atoms with van der Waals surface area (Å²) < 4.78 is 0. The lowest BCUT2D eigenvalue weighted by Crippen LogP contribution is -2.36. The zero-order valence-electron chi connectivity index (χ0n) is 19.5. The molecular weight excluding hydrogens is 416 g/mol. The van der Waals surface area contributed by atoms with Crippen molar-refractivity contribution in [2.75, 3.05) is 31.3 Å². The van der Waals surface area contributed by atoms with Crippen LogP contribution in [0.3, 0.4) is 0 Å². The number of rotatable bonds is 9. The Labute approximate surface area is 195 Å². The molecule has 1 saturated carbocycles. The molecule has 1 fully saturated rings. The van der Waals surface area contributed by atoms with E-state index >= 15 is 0 Å². The van der Waals surface area contributed by atoms with Gasteiger partial charge in [0.15, 0.2) is 0 Å². The molecule has 7 nitrogen and oxygen atoms in total. The van der Waals surface area contributed by atoms with Crippen LogP contribution in [0.1, 0.15) is 54.4 Å². The first-order chi connectivity index (χ1) is 15.9. The summed E-state index contributed by atoms with van der Waals surface area (Å²) in [4.78, 5) is 38.1. The van der Waals surface area contributed by atoms with Crippen LogP contribution < -0.4 is 16.0 Å². The number of aryl methyl sites for hydroxylation is 1. The largest absolute Gasteiger partial charge is 0.376 e. The fourth-order valence-corrected chi connectivity index (χ4v) is 3.92. The molecule has 1 aliphatic carbocycles. The van der Waals surface area contributed by atoms with E-state index in [0.717, 1.165) is 24.1 Å². The molecule has 0 saturated heterocycles. The van der Waals surface area contributed by atoms with Gasteiger partial charge in [-0.05, 0) is 61.2 Å². The first kappa shape index (κ1) is 24.3. The Hall–Kier alpha value is -3.35. The molecule has 1 aliphatic rings. The number of hydrogen-bond donors (Lipinski definition) is 3. The maximum absolute atomic E-state index is 12.4. The van der Waals surface area contributed by atoms with E-state index in [1.165, 1.54) is 19.3 Å². The number of nitrogens with one attached hydrogen (secondary N) is 3. The zero-order valence-corrected chi connectivity index (χ0v) is 19.5. The first-order valence-electron chi connectivity index (χ1n) is 11.6. The van der Waals surface area contributed by atoms with Crippen LogP contribution in [0.2, 0.25) is 0 Å². The van der Waals surface area contributed by atoms with Gasteiger partial charge in [-0.25, -0.2) is 0 Å². The number of carbonyl (C=O) groups is 3. The van der Waals surface area contributed by atoms with Crippen molar-refractivity contribution in [2.24, 2.45) is 0 Å². The fourth-order valence-electron chi connectivity index (χ4n) is 3.92. The van der Waals surface area contributed by atoms with Crippen molar-refractivity contribution < 1.29 is 14.4 Å². The van der Waals surface area contributed by atoms with Gasteiger partial charge in [-0.2, -0.15) is 0 Å². The first-order valence-corrected chi connectivity index (χ1v) is 11.6. The van der Waals surface area contributed by atoms with Gasteiger partial charge in [0.2, 0.25) is 11.8 Å². The third-order valence-corrected chi connectivity index (χ3v) is 5.88. The molecule has 2 aromatic rings. The number of benzene rings is 2. The Balaban J connectivity index is 1.44. The molecule has 0 heterocycles. The third kappa shape index (κ3) is 7.93. The molecule has 7 heteroatoms. The van der Waals surface area contributed by atoms with Crippen LogP contribution in [0.15, 0.2) is 48.5 Å². The second-order valence-corrected chi connectivity index (χ2v) is 8.78. The predicted octanol–water partition coefficient (Wildman–Crippen LogP) is 3.82. The summed E-state index contributed by atoms with van der Waals surface area (Å²) in [6.07, 6.45) is 6.77. The van der Waals surface area contributed by atoms with E-state index in [0.29, 0.717) is 24.1 Å². The normalized spacial score (nSPS) is 13.8. The second-order valence-electron chi connectivity index (χ2n) is 8.78. The van der Waals surface area contributed by atoms with Crippen molar-refractivity contribution in [1.82, 2.24) is 10.2 Å². The fraction of sp³-hybridized carbons (Fsp3) is 0.423. The number of hydrogen-bond acceptors (Lipinski definition) is 4. The lowest BCUT2D eigenvalue weighted by Gasteiger charge is -2.22. The molecule has 3 amide bonds. The highest BCUT2D eigenvalue weighted by Crippen LogP contribution is 2.18. The molecule has 3 rings (SSSR count). The van der Waals surface area contributed by atoms with Gasteiger partial charge in [0.05, 0.1) is 6.54 Å². The number of anilines is 2. The average Bonchev–Trinajstić information content (AvgIpc) is 2.82. The minimum atomic E-state index is -0.171. The predicted molar refractivity (Wildman–Crippen MR) is 131 cm³/mol. The highest BCUT2D eigenvalue weighted by molar-refractivity contribution is 5.95. The van der Waals surface area contributed by atoms with Gasteiger partial charge in [0.1, 0.15) is 0 Å². The van der Waals surface area contributed by atoms with Crippen LogP contribution in [0.25, 0.3) is 0 Å². The van der Waals surface area contributed by atoms with Gasteiger partial charge in [-0.15, -0.1) is 0 Å². The number of amides is 3. The Bertz CT molecular complexity index is 950. The van der Waals surface area contributed by atoms with E-state index in [1.54, 1.807) is 31.1 Å². The SMILES string of the molecule is CN(C)C(=O)CCc1cccc(NC(=O)CNc2ccc(C(=O)NC3CCCCC3)cc2)c1. The van der Waals surface area contributed by atoms with E-state index < -0.39 is 0 Å². The molecule has 0 spiro atoms. The number of carbonyl (C=O) groups excluding carboxylic acids is 3. The standard InChI is InChI=1S/C26H34N4O3/c1-30(2)25(32)16-11-19-7-6-10-23(17-19)28-24(31)18-27-21-14-12-20(13-15-21)26(33)29-22-8-4-3-5-9-22/h6-7,10,12-15,17,22,27H,3-5,8-9,11,16,18H2,1-2H3,(H,28,31)(H,29,33). The van der Waals surface area contributed by atoms with Crippen molar-refractivity contribution in [3.8, 4) is 0 Å². The Morgan fingerprint density at radius 1 is 0.939 bits per heavy atom. The molecule has 0 radical (unpaired) electrons. The van der Waals surface area contributed by atoms with Crippen molar-refractivity contribution in [1.29, 1.82) is 0 Å². The Morgan fingerprint density at radius 2 is 1.67 bits per heavy atom. The Morgan fingerprint density at radius 3 is 2.36 bits per heavy atom. The van der Waals surface area contributed by atoms with Crippen LogP contribution in [-0.4, -0.2) is 49.3 Å². The highest BCUT2D eigenvalue weighted by Gasteiger charge is 2.16. The third-order valence-electron chi connectivity index (χ3n) is 5.88. The molecule has 0 unspecified atom stereocenters. The van der Waals surface area contributed by atoms with Crippen LogP contribution >= 0.6 is 0 Å². The van der Waals surface area contributed by atoms with Crippen molar-refractivity contribution in [3.63, 3.8) is 0 Å². The molecule has 0 aromatic heterocycles. The summed E-state index contributed by atoms with van der Waals surface area (Å²) in [6, 6.07) is 15.0. The highest BCUT2D eigenvalue weighted by atomic mass is 16.2. The summed E-state index contributed by atoms with van der Waals surface area (Å²) in [5.41, 5.74) is 3.10. The smallest absolute Gasteiger partial charge is 0.251 e. The van der Waals surface area contributed by atoms with Crippen LogP contribution in [0.4, 0.5) is 11.4 Å².